The first-order chi connectivity index (χ1) is 14.4. The van der Waals surface area contributed by atoms with Gasteiger partial charge in [0.15, 0.2) is 0 Å². The minimum absolute atomic E-state index is 0.260. The highest BCUT2D eigenvalue weighted by molar-refractivity contribution is 5.52. The summed E-state index contributed by atoms with van der Waals surface area (Å²) in [7, 11) is 0. The molecule has 1 aliphatic rings. The fourth-order valence-electron chi connectivity index (χ4n) is 3.89. The zero-order chi connectivity index (χ0) is 21.9. The van der Waals surface area contributed by atoms with Gasteiger partial charge in [-0.15, -0.1) is 0 Å². The Morgan fingerprint density at radius 1 is 1.03 bits per heavy atom. The summed E-state index contributed by atoms with van der Waals surface area (Å²) < 4.78 is 11.3. The van der Waals surface area contributed by atoms with E-state index >= 15 is 0 Å². The van der Waals surface area contributed by atoms with E-state index in [2.05, 4.69) is 45.9 Å². The molecule has 30 heavy (non-hydrogen) atoms. The van der Waals surface area contributed by atoms with Gasteiger partial charge < -0.3 is 9.47 Å². The van der Waals surface area contributed by atoms with Crippen molar-refractivity contribution >= 4 is 6.47 Å². The first-order valence-corrected chi connectivity index (χ1v) is 11.2. The van der Waals surface area contributed by atoms with Gasteiger partial charge in [0.1, 0.15) is 11.5 Å². The Morgan fingerprint density at radius 2 is 1.70 bits per heavy atom. The Bertz CT molecular complexity index is 795. The lowest BCUT2D eigenvalue weighted by Gasteiger charge is -2.27. The van der Waals surface area contributed by atoms with Gasteiger partial charge in [0.05, 0.1) is 6.10 Å². The summed E-state index contributed by atoms with van der Waals surface area (Å²) in [5, 5.41) is 0. The number of benzene rings is 1. The van der Waals surface area contributed by atoms with Gasteiger partial charge in [0.2, 0.25) is 0 Å². The van der Waals surface area contributed by atoms with Crippen LogP contribution in [0.3, 0.4) is 0 Å². The molecule has 1 unspecified atom stereocenters. The first kappa shape index (κ1) is 24.0. The highest BCUT2D eigenvalue weighted by atomic mass is 16.5. The molecular weight excluding hydrogens is 372 g/mol. The minimum Gasteiger partial charge on any atom is -0.490 e. The van der Waals surface area contributed by atoms with E-state index < -0.39 is 0 Å². The average Bonchev–Trinajstić information content (AvgIpc) is 2.68. The highest BCUT2D eigenvalue weighted by Gasteiger charge is 2.21. The summed E-state index contributed by atoms with van der Waals surface area (Å²) in [5.41, 5.74) is 6.53. The van der Waals surface area contributed by atoms with Gasteiger partial charge in [0.25, 0.3) is 6.47 Å². The molecule has 0 saturated carbocycles. The lowest BCUT2D eigenvalue weighted by Crippen LogP contribution is -2.23. The normalized spacial score (nSPS) is 16.5. The van der Waals surface area contributed by atoms with Crippen molar-refractivity contribution in [1.82, 2.24) is 0 Å². The molecule has 1 heterocycles. The van der Waals surface area contributed by atoms with Crippen LogP contribution in [0.2, 0.25) is 0 Å². The third-order valence-corrected chi connectivity index (χ3v) is 5.63. The maximum atomic E-state index is 10.6. The third kappa shape index (κ3) is 8.22. The Balaban J connectivity index is 1.75. The fraction of sp³-hybridized carbons (Fsp3) is 0.519. The molecule has 1 atom stereocenters. The smallest absolute Gasteiger partial charge is 0.298 e. The second-order valence-electron chi connectivity index (χ2n) is 8.76. The van der Waals surface area contributed by atoms with Crippen molar-refractivity contribution in [2.75, 3.05) is 0 Å². The first-order valence-electron chi connectivity index (χ1n) is 11.2. The average molecular weight is 411 g/mol. The SMILES string of the molecule is CC(C)=CCC/C(C)=C/CC/C(C)=C/CCC1CCc2cc(OC=O)cc(C)c2O1. The number of rotatable bonds is 11. The number of aryl methyl sites for hydroxylation is 2. The quantitative estimate of drug-likeness (QED) is 0.281. The van der Waals surface area contributed by atoms with Gasteiger partial charge in [-0.3, -0.25) is 4.79 Å². The molecule has 0 aromatic heterocycles. The van der Waals surface area contributed by atoms with Crippen LogP contribution in [0.5, 0.6) is 11.5 Å². The second-order valence-corrected chi connectivity index (χ2v) is 8.76. The van der Waals surface area contributed by atoms with Gasteiger partial charge in [-0.25, -0.2) is 0 Å². The van der Waals surface area contributed by atoms with Crippen LogP contribution in [0.15, 0.2) is 47.1 Å². The summed E-state index contributed by atoms with van der Waals surface area (Å²) in [6, 6.07) is 3.79. The molecule has 3 nitrogen and oxygen atoms in total. The lowest BCUT2D eigenvalue weighted by molar-refractivity contribution is -0.120. The second kappa shape index (κ2) is 12.4. The van der Waals surface area contributed by atoms with E-state index in [0.717, 1.165) is 68.2 Å². The van der Waals surface area contributed by atoms with E-state index in [9.17, 15) is 4.79 Å². The number of hydrogen-bond donors (Lipinski definition) is 0. The molecule has 1 aromatic rings. The topological polar surface area (TPSA) is 35.5 Å². The van der Waals surface area contributed by atoms with E-state index in [1.807, 2.05) is 19.1 Å². The van der Waals surface area contributed by atoms with E-state index in [1.54, 1.807) is 0 Å². The number of allylic oxidation sites excluding steroid dienone is 6. The molecule has 0 bridgehead atoms. The van der Waals surface area contributed by atoms with Crippen molar-refractivity contribution in [3.05, 3.63) is 58.2 Å². The highest BCUT2D eigenvalue weighted by Crippen LogP contribution is 2.35. The van der Waals surface area contributed by atoms with Crippen molar-refractivity contribution < 1.29 is 14.3 Å². The molecule has 0 N–H and O–H groups in total. The molecule has 2 rings (SSSR count). The van der Waals surface area contributed by atoms with Crippen molar-refractivity contribution in [2.45, 2.75) is 92.1 Å². The van der Waals surface area contributed by atoms with Gasteiger partial charge in [-0.2, -0.15) is 0 Å². The monoisotopic (exact) mass is 410 g/mol. The Hall–Kier alpha value is -2.29. The zero-order valence-electron chi connectivity index (χ0n) is 19.4. The minimum atomic E-state index is 0.260. The molecule has 0 aliphatic carbocycles. The molecule has 1 aromatic carbocycles. The van der Waals surface area contributed by atoms with Crippen LogP contribution >= 0.6 is 0 Å². The van der Waals surface area contributed by atoms with Crippen LogP contribution in [-0.4, -0.2) is 12.6 Å². The van der Waals surface area contributed by atoms with E-state index in [0.29, 0.717) is 12.2 Å². The largest absolute Gasteiger partial charge is 0.490 e. The van der Waals surface area contributed by atoms with Gasteiger partial charge in [-0.05, 0) is 109 Å². The number of ether oxygens (including phenoxy) is 2. The standard InChI is InChI=1S/C27H38O3/c1-20(2)9-6-10-21(3)11-7-12-22(4)13-8-14-25-16-15-24-18-26(29-19-28)17-23(5)27(24)30-25/h9,11,13,17-19,25H,6-8,10,12,14-16H2,1-5H3/b21-11+,22-13+. The summed E-state index contributed by atoms with van der Waals surface area (Å²) in [5.74, 6) is 1.57. The molecule has 0 spiro atoms. The predicted octanol–water partition coefficient (Wildman–Crippen LogP) is 7.42. The molecule has 164 valence electrons. The van der Waals surface area contributed by atoms with Crippen LogP contribution in [0.1, 0.15) is 83.8 Å². The van der Waals surface area contributed by atoms with Gasteiger partial charge >= 0.3 is 0 Å². The molecule has 0 fully saturated rings. The number of fused-ring (bicyclic) bond motifs is 1. The number of hydrogen-bond acceptors (Lipinski definition) is 3. The van der Waals surface area contributed by atoms with E-state index in [-0.39, 0.29) is 6.10 Å². The summed E-state index contributed by atoms with van der Waals surface area (Å²) in [6.07, 6.45) is 16.0. The van der Waals surface area contributed by atoms with Gasteiger partial charge in [-0.1, -0.05) is 34.9 Å². The third-order valence-electron chi connectivity index (χ3n) is 5.63. The Morgan fingerprint density at radius 3 is 2.37 bits per heavy atom. The van der Waals surface area contributed by atoms with Crippen LogP contribution < -0.4 is 9.47 Å². The van der Waals surface area contributed by atoms with Gasteiger partial charge in [0, 0.05) is 0 Å². The molecule has 1 aliphatic heterocycles. The summed E-state index contributed by atoms with van der Waals surface area (Å²) >= 11 is 0. The number of carbonyl (C=O) groups is 1. The zero-order valence-corrected chi connectivity index (χ0v) is 19.4. The molecule has 0 saturated heterocycles. The maximum Gasteiger partial charge on any atom is 0.298 e. The van der Waals surface area contributed by atoms with Crippen molar-refractivity contribution in [3.63, 3.8) is 0 Å². The van der Waals surface area contributed by atoms with E-state index in [4.69, 9.17) is 9.47 Å². The Kier molecular flexibility index (Phi) is 9.93. The predicted molar refractivity (Wildman–Crippen MR) is 125 cm³/mol. The van der Waals surface area contributed by atoms with Crippen LogP contribution in [-0.2, 0) is 11.2 Å². The van der Waals surface area contributed by atoms with Crippen molar-refractivity contribution in [1.29, 1.82) is 0 Å². The molecule has 0 radical (unpaired) electrons. The molecule has 0 amide bonds. The fourth-order valence-corrected chi connectivity index (χ4v) is 3.89. The lowest BCUT2D eigenvalue weighted by atomic mass is 9.96. The number of carbonyl (C=O) groups excluding carboxylic acids is 1. The van der Waals surface area contributed by atoms with Crippen LogP contribution in [0.25, 0.3) is 0 Å². The van der Waals surface area contributed by atoms with Crippen LogP contribution in [0, 0.1) is 6.92 Å². The van der Waals surface area contributed by atoms with Crippen molar-refractivity contribution in [2.24, 2.45) is 0 Å². The Labute approximate surface area is 182 Å². The maximum absolute atomic E-state index is 10.6. The van der Waals surface area contributed by atoms with E-state index in [1.165, 1.54) is 16.7 Å². The molecular formula is C27H38O3. The summed E-state index contributed by atoms with van der Waals surface area (Å²) in [4.78, 5) is 10.6. The summed E-state index contributed by atoms with van der Waals surface area (Å²) in [6.45, 7) is 11.3. The van der Waals surface area contributed by atoms with Crippen LogP contribution in [0.4, 0.5) is 0 Å². The van der Waals surface area contributed by atoms with Crippen molar-refractivity contribution in [3.8, 4) is 11.5 Å². The molecule has 3 heteroatoms.